The number of nitrogens with one attached hydrogen (secondary N) is 1. The summed E-state index contributed by atoms with van der Waals surface area (Å²) in [6.07, 6.45) is 2.14. The third kappa shape index (κ3) is 6.71. The number of imide groups is 2. The minimum absolute atomic E-state index is 0.104. The van der Waals surface area contributed by atoms with Gasteiger partial charge in [0.05, 0.1) is 25.3 Å². The molecule has 1 aliphatic heterocycles. The lowest BCUT2D eigenvalue weighted by molar-refractivity contribution is -0.130. The monoisotopic (exact) mass is 568 g/mol. The molecule has 0 aromatic heterocycles. The fourth-order valence-electron chi connectivity index (χ4n) is 3.89. The van der Waals surface area contributed by atoms with Gasteiger partial charge in [-0.15, -0.1) is 0 Å². The second-order valence-corrected chi connectivity index (χ2v) is 9.47. The molecule has 0 radical (unpaired) electrons. The van der Waals surface area contributed by atoms with Crippen molar-refractivity contribution in [2.75, 3.05) is 13.7 Å². The summed E-state index contributed by atoms with van der Waals surface area (Å²) in [5, 5.41) is 2.71. The van der Waals surface area contributed by atoms with Crippen molar-refractivity contribution < 1.29 is 28.6 Å². The van der Waals surface area contributed by atoms with Crippen LogP contribution in [0.4, 0.5) is 4.79 Å². The number of barbiturate groups is 1. The molecule has 0 aliphatic carbocycles. The molecule has 4 rings (SSSR count). The number of benzene rings is 3. The first-order chi connectivity index (χ1) is 18.8. The zero-order valence-electron chi connectivity index (χ0n) is 21.3. The van der Waals surface area contributed by atoms with E-state index in [0.29, 0.717) is 29.2 Å². The first kappa shape index (κ1) is 28.0. The van der Waals surface area contributed by atoms with Gasteiger partial charge in [0.1, 0.15) is 17.9 Å². The number of amides is 4. The number of carbonyl (C=O) groups is 3. The van der Waals surface area contributed by atoms with Crippen LogP contribution in [-0.2, 0) is 22.7 Å². The summed E-state index contributed by atoms with van der Waals surface area (Å²) in [7, 11) is 1.50. The highest BCUT2D eigenvalue weighted by atomic mass is 35.5. The average Bonchev–Trinajstić information content (AvgIpc) is 2.92. The number of hydrogen-bond acceptors (Lipinski definition) is 6. The first-order valence-electron chi connectivity index (χ1n) is 12.1. The van der Waals surface area contributed by atoms with Crippen LogP contribution < -0.4 is 19.5 Å². The van der Waals surface area contributed by atoms with E-state index in [0.717, 1.165) is 16.9 Å². The van der Waals surface area contributed by atoms with Crippen LogP contribution in [0.5, 0.6) is 17.2 Å². The lowest BCUT2D eigenvalue weighted by Gasteiger charge is -2.27. The molecule has 1 N–H and O–H groups in total. The molecule has 0 saturated carbocycles. The minimum atomic E-state index is -0.841. The van der Waals surface area contributed by atoms with Gasteiger partial charge in [-0.3, -0.25) is 19.8 Å². The van der Waals surface area contributed by atoms with Crippen LogP contribution in [0.1, 0.15) is 30.0 Å². The smallest absolute Gasteiger partial charge is 0.331 e. The van der Waals surface area contributed by atoms with Gasteiger partial charge < -0.3 is 14.2 Å². The summed E-state index contributed by atoms with van der Waals surface area (Å²) >= 11 is 12.6. The van der Waals surface area contributed by atoms with E-state index in [-0.39, 0.29) is 34.5 Å². The molecule has 39 heavy (non-hydrogen) atoms. The van der Waals surface area contributed by atoms with Crippen molar-refractivity contribution in [1.82, 2.24) is 10.2 Å². The summed E-state index contributed by atoms with van der Waals surface area (Å²) in [5.41, 5.74) is 1.54. The molecule has 202 valence electrons. The van der Waals surface area contributed by atoms with Gasteiger partial charge in [0.2, 0.25) is 0 Å². The van der Waals surface area contributed by atoms with Crippen LogP contribution in [0.25, 0.3) is 6.08 Å². The highest BCUT2D eigenvalue weighted by molar-refractivity contribution is 6.36. The third-order valence-electron chi connectivity index (χ3n) is 5.78. The first-order valence-corrected chi connectivity index (χ1v) is 12.9. The number of hydrogen-bond donors (Lipinski definition) is 1. The molecule has 0 atom stereocenters. The van der Waals surface area contributed by atoms with Crippen molar-refractivity contribution in [3.63, 3.8) is 0 Å². The molecule has 0 unspecified atom stereocenters. The van der Waals surface area contributed by atoms with Gasteiger partial charge in [-0.2, -0.15) is 0 Å². The highest BCUT2D eigenvalue weighted by Gasteiger charge is 2.36. The van der Waals surface area contributed by atoms with Crippen LogP contribution in [0.3, 0.4) is 0 Å². The van der Waals surface area contributed by atoms with Crippen molar-refractivity contribution in [1.29, 1.82) is 0 Å². The Bertz CT molecular complexity index is 1420. The molecule has 10 heteroatoms. The summed E-state index contributed by atoms with van der Waals surface area (Å²) in [6.45, 7) is 2.60. The molecule has 1 heterocycles. The highest BCUT2D eigenvalue weighted by Crippen LogP contribution is 2.35. The lowest BCUT2D eigenvalue weighted by atomic mass is 10.1. The number of halogens is 2. The van der Waals surface area contributed by atoms with Crippen molar-refractivity contribution >= 4 is 47.1 Å². The number of ether oxygens (including phenoxy) is 3. The Balaban J connectivity index is 1.62. The quantitative estimate of drug-likeness (QED) is 0.237. The normalized spacial score (nSPS) is 14.4. The Morgan fingerprint density at radius 2 is 1.69 bits per heavy atom. The SMILES string of the molecule is CCCOc1ccc(CN2C(=O)NC(=O)/C(=C\c3cc(Cl)cc(Cl)c3OCc3ccccc3)C2=O)cc1OC. The third-order valence-corrected chi connectivity index (χ3v) is 6.28. The largest absolute Gasteiger partial charge is 0.493 e. The van der Waals surface area contributed by atoms with E-state index < -0.39 is 17.8 Å². The van der Waals surface area contributed by atoms with Crippen molar-refractivity contribution in [2.45, 2.75) is 26.5 Å². The molecule has 8 nitrogen and oxygen atoms in total. The van der Waals surface area contributed by atoms with Crippen LogP contribution in [0.2, 0.25) is 10.0 Å². The molecule has 1 fully saturated rings. The second kappa shape index (κ2) is 12.7. The van der Waals surface area contributed by atoms with E-state index in [4.69, 9.17) is 37.4 Å². The van der Waals surface area contributed by atoms with Gasteiger partial charge >= 0.3 is 6.03 Å². The van der Waals surface area contributed by atoms with E-state index in [1.807, 2.05) is 37.3 Å². The summed E-state index contributed by atoms with van der Waals surface area (Å²) in [6, 6.07) is 16.7. The lowest BCUT2D eigenvalue weighted by Crippen LogP contribution is -2.53. The average molecular weight is 569 g/mol. The fraction of sp³-hybridized carbons (Fsp3) is 0.207. The Hall–Kier alpha value is -4.01. The summed E-state index contributed by atoms with van der Waals surface area (Å²) < 4.78 is 17.0. The van der Waals surface area contributed by atoms with E-state index in [2.05, 4.69) is 5.32 Å². The number of carbonyl (C=O) groups excluding carboxylic acids is 3. The minimum Gasteiger partial charge on any atom is -0.493 e. The van der Waals surface area contributed by atoms with E-state index in [1.54, 1.807) is 18.2 Å². The zero-order chi connectivity index (χ0) is 27.9. The van der Waals surface area contributed by atoms with Gasteiger partial charge in [0, 0.05) is 10.6 Å². The number of methoxy groups -OCH3 is 1. The standard InChI is InChI=1S/C29H26Cl2N2O6/c1-3-11-38-24-10-9-19(12-25(24)37-2)16-33-28(35)22(27(34)32-29(33)36)14-20-13-21(30)15-23(31)26(20)39-17-18-7-5-4-6-8-18/h4-10,12-15H,3,11,16-17H2,1-2H3,(H,32,34,36)/b22-14+. The Kier molecular flexibility index (Phi) is 9.11. The van der Waals surface area contributed by atoms with E-state index in [9.17, 15) is 14.4 Å². The molecule has 3 aromatic carbocycles. The van der Waals surface area contributed by atoms with Crippen LogP contribution in [0, 0.1) is 0 Å². The van der Waals surface area contributed by atoms with E-state index in [1.165, 1.54) is 25.3 Å². The van der Waals surface area contributed by atoms with Gasteiger partial charge in [0.25, 0.3) is 11.8 Å². The van der Waals surface area contributed by atoms with Gasteiger partial charge in [-0.1, -0.05) is 66.5 Å². The predicted octanol–water partition coefficient (Wildman–Crippen LogP) is 6.03. The van der Waals surface area contributed by atoms with Gasteiger partial charge in [-0.25, -0.2) is 4.79 Å². The topological polar surface area (TPSA) is 94.2 Å². The number of rotatable bonds is 10. The number of urea groups is 1. The molecule has 4 amide bonds. The second-order valence-electron chi connectivity index (χ2n) is 8.62. The zero-order valence-corrected chi connectivity index (χ0v) is 22.8. The molecule has 3 aromatic rings. The maximum absolute atomic E-state index is 13.4. The molecule has 1 aliphatic rings. The van der Waals surface area contributed by atoms with Gasteiger partial charge in [0.15, 0.2) is 11.5 Å². The van der Waals surface area contributed by atoms with Crippen molar-refractivity contribution in [3.05, 3.63) is 93.0 Å². The predicted molar refractivity (Wildman–Crippen MR) is 148 cm³/mol. The van der Waals surface area contributed by atoms with Gasteiger partial charge in [-0.05, 0) is 47.9 Å². The van der Waals surface area contributed by atoms with E-state index >= 15 is 0 Å². The maximum atomic E-state index is 13.4. The molecule has 0 spiro atoms. The Morgan fingerprint density at radius 3 is 2.41 bits per heavy atom. The number of nitrogens with zero attached hydrogens (tertiary/aromatic N) is 1. The summed E-state index contributed by atoms with van der Waals surface area (Å²) in [5.74, 6) is -0.360. The summed E-state index contributed by atoms with van der Waals surface area (Å²) in [4.78, 5) is 39.7. The van der Waals surface area contributed by atoms with Crippen LogP contribution in [-0.4, -0.2) is 36.5 Å². The fourth-order valence-corrected chi connectivity index (χ4v) is 4.45. The Morgan fingerprint density at radius 1 is 0.923 bits per heavy atom. The van der Waals surface area contributed by atoms with Crippen LogP contribution in [0.15, 0.2) is 66.2 Å². The maximum Gasteiger partial charge on any atom is 0.331 e. The molecule has 0 bridgehead atoms. The molecular weight excluding hydrogens is 543 g/mol. The van der Waals surface area contributed by atoms with Crippen LogP contribution >= 0.6 is 23.2 Å². The molecular formula is C29H26Cl2N2O6. The van der Waals surface area contributed by atoms with Crippen molar-refractivity contribution in [2.24, 2.45) is 0 Å². The molecule has 1 saturated heterocycles. The Labute approximate surface area is 236 Å². The van der Waals surface area contributed by atoms with Crippen molar-refractivity contribution in [3.8, 4) is 17.2 Å².